The van der Waals surface area contributed by atoms with Gasteiger partial charge in [-0.2, -0.15) is 23.3 Å². The highest BCUT2D eigenvalue weighted by molar-refractivity contribution is 6.40. The van der Waals surface area contributed by atoms with Gasteiger partial charge in [-0.25, -0.2) is 0 Å². The summed E-state index contributed by atoms with van der Waals surface area (Å²) in [5, 5.41) is 4.61. The monoisotopic (exact) mass is 352 g/mol. The number of rotatable bonds is 1. The SMILES string of the molecule is CC(C)(C)C1=NN(c2c(Cl)cc(C(F)(F)F)cc2Cl)C(=O)C1. The predicted molar refractivity (Wildman–Crippen MR) is 80.5 cm³/mol. The molecule has 2 rings (SSSR count). The van der Waals surface area contributed by atoms with Gasteiger partial charge in [0.05, 0.1) is 27.7 Å². The van der Waals surface area contributed by atoms with E-state index in [9.17, 15) is 18.0 Å². The molecule has 3 nitrogen and oxygen atoms in total. The van der Waals surface area contributed by atoms with Crippen LogP contribution in [0.3, 0.4) is 0 Å². The van der Waals surface area contributed by atoms with Gasteiger partial charge in [0.1, 0.15) is 5.69 Å². The second kappa shape index (κ2) is 5.42. The van der Waals surface area contributed by atoms with Crippen LogP contribution in [0.15, 0.2) is 17.2 Å². The van der Waals surface area contributed by atoms with Gasteiger partial charge >= 0.3 is 6.18 Å². The third kappa shape index (κ3) is 3.22. The highest BCUT2D eigenvalue weighted by atomic mass is 35.5. The summed E-state index contributed by atoms with van der Waals surface area (Å²) in [6.45, 7) is 5.66. The Kier molecular flexibility index (Phi) is 4.21. The molecule has 0 radical (unpaired) electrons. The zero-order chi connectivity index (χ0) is 16.9. The van der Waals surface area contributed by atoms with Crippen molar-refractivity contribution < 1.29 is 18.0 Å². The molecule has 0 aromatic heterocycles. The molecule has 0 N–H and O–H groups in total. The van der Waals surface area contributed by atoms with Crippen LogP contribution in [0.5, 0.6) is 0 Å². The molecule has 0 saturated heterocycles. The Morgan fingerprint density at radius 1 is 1.14 bits per heavy atom. The molecule has 1 aliphatic rings. The predicted octanol–water partition coefficient (Wildman–Crippen LogP) is 5.15. The molecule has 0 spiro atoms. The van der Waals surface area contributed by atoms with E-state index in [2.05, 4.69) is 5.10 Å². The molecule has 1 aromatic rings. The number of carbonyl (C=O) groups is 1. The fourth-order valence-corrected chi connectivity index (χ4v) is 2.60. The van der Waals surface area contributed by atoms with Gasteiger partial charge in [0.25, 0.3) is 5.91 Å². The van der Waals surface area contributed by atoms with Crippen molar-refractivity contribution in [2.24, 2.45) is 10.5 Å². The van der Waals surface area contributed by atoms with E-state index in [1.54, 1.807) is 0 Å². The molecule has 1 heterocycles. The van der Waals surface area contributed by atoms with Crippen molar-refractivity contribution in [3.63, 3.8) is 0 Å². The Balaban J connectivity index is 2.50. The second-order valence-electron chi connectivity index (χ2n) is 5.97. The van der Waals surface area contributed by atoms with Gasteiger partial charge in [-0.1, -0.05) is 44.0 Å². The first kappa shape index (κ1) is 17.1. The lowest BCUT2D eigenvalue weighted by Gasteiger charge is -2.18. The number of hydrogen-bond acceptors (Lipinski definition) is 2. The summed E-state index contributed by atoms with van der Waals surface area (Å²) in [4.78, 5) is 12.1. The van der Waals surface area contributed by atoms with E-state index in [0.29, 0.717) is 5.71 Å². The summed E-state index contributed by atoms with van der Waals surface area (Å²) in [6, 6.07) is 1.47. The van der Waals surface area contributed by atoms with Crippen molar-refractivity contribution in [3.8, 4) is 0 Å². The lowest BCUT2D eigenvalue weighted by Crippen LogP contribution is -2.21. The van der Waals surface area contributed by atoms with Crippen LogP contribution in [0.2, 0.25) is 10.0 Å². The van der Waals surface area contributed by atoms with E-state index >= 15 is 0 Å². The third-order valence-corrected chi connectivity index (χ3v) is 3.77. The number of nitrogens with zero attached hydrogens (tertiary/aromatic N) is 2. The van der Waals surface area contributed by atoms with Gasteiger partial charge in [-0.15, -0.1) is 0 Å². The average molecular weight is 353 g/mol. The summed E-state index contributed by atoms with van der Waals surface area (Å²) >= 11 is 11.8. The molecule has 22 heavy (non-hydrogen) atoms. The van der Waals surface area contributed by atoms with Gasteiger partial charge in [0.15, 0.2) is 0 Å². The smallest absolute Gasteiger partial charge is 0.272 e. The largest absolute Gasteiger partial charge is 0.416 e. The normalized spacial score (nSPS) is 16.3. The molecule has 0 bridgehead atoms. The van der Waals surface area contributed by atoms with Crippen LogP contribution >= 0.6 is 23.2 Å². The van der Waals surface area contributed by atoms with Crippen LogP contribution in [0.4, 0.5) is 18.9 Å². The Morgan fingerprint density at radius 2 is 1.64 bits per heavy atom. The van der Waals surface area contributed by atoms with Crippen LogP contribution in [0, 0.1) is 5.41 Å². The average Bonchev–Trinajstić information content (AvgIpc) is 2.69. The maximum atomic E-state index is 12.7. The summed E-state index contributed by atoms with van der Waals surface area (Å²) in [6.07, 6.45) is -4.49. The molecule has 0 aliphatic carbocycles. The highest BCUT2D eigenvalue weighted by Crippen LogP contribution is 2.42. The third-order valence-electron chi connectivity index (χ3n) is 3.20. The van der Waals surface area contributed by atoms with Crippen LogP contribution in [-0.4, -0.2) is 11.6 Å². The number of anilines is 1. The fourth-order valence-electron chi connectivity index (χ4n) is 1.95. The number of amides is 1. The zero-order valence-corrected chi connectivity index (χ0v) is 13.6. The first-order valence-electron chi connectivity index (χ1n) is 6.38. The lowest BCUT2D eigenvalue weighted by atomic mass is 9.88. The van der Waals surface area contributed by atoms with Crippen molar-refractivity contribution in [2.75, 3.05) is 5.01 Å². The molecule has 0 atom stereocenters. The Hall–Kier alpha value is -1.27. The number of benzene rings is 1. The maximum Gasteiger partial charge on any atom is 0.416 e. The Morgan fingerprint density at radius 3 is 2.00 bits per heavy atom. The Labute approximate surface area is 135 Å². The van der Waals surface area contributed by atoms with Crippen molar-refractivity contribution in [2.45, 2.75) is 33.4 Å². The minimum absolute atomic E-state index is 0.0272. The van der Waals surface area contributed by atoms with Gasteiger partial charge < -0.3 is 0 Å². The van der Waals surface area contributed by atoms with Crippen LogP contribution in [-0.2, 0) is 11.0 Å². The topological polar surface area (TPSA) is 32.7 Å². The van der Waals surface area contributed by atoms with Crippen molar-refractivity contribution in [1.82, 2.24) is 0 Å². The molecule has 0 fully saturated rings. The standard InChI is InChI=1S/C14H13Cl2F3N2O/c1-13(2,3)10-6-11(22)21(20-10)12-8(15)4-7(5-9(12)16)14(17,18)19/h4-5H,6H2,1-3H3. The van der Waals surface area contributed by atoms with Crippen molar-refractivity contribution in [1.29, 1.82) is 0 Å². The van der Waals surface area contributed by atoms with E-state index in [0.717, 1.165) is 17.1 Å². The van der Waals surface area contributed by atoms with Gasteiger partial charge in [0, 0.05) is 5.41 Å². The minimum atomic E-state index is -4.57. The molecular formula is C14H13Cl2F3N2O. The summed E-state index contributed by atoms with van der Waals surface area (Å²) < 4.78 is 38.2. The van der Waals surface area contributed by atoms with Crippen LogP contribution in [0.1, 0.15) is 32.8 Å². The van der Waals surface area contributed by atoms with Crippen LogP contribution in [0.25, 0.3) is 0 Å². The summed E-state index contributed by atoms with van der Waals surface area (Å²) in [7, 11) is 0. The number of hydrazone groups is 1. The molecule has 1 aliphatic heterocycles. The molecule has 1 amide bonds. The molecule has 120 valence electrons. The van der Waals surface area contributed by atoms with E-state index in [1.807, 2.05) is 20.8 Å². The van der Waals surface area contributed by atoms with Crippen molar-refractivity contribution in [3.05, 3.63) is 27.7 Å². The van der Waals surface area contributed by atoms with Gasteiger partial charge in [-0.05, 0) is 12.1 Å². The molecule has 1 aromatic carbocycles. The highest BCUT2D eigenvalue weighted by Gasteiger charge is 2.36. The molecule has 0 unspecified atom stereocenters. The van der Waals surface area contributed by atoms with Gasteiger partial charge in [-0.3, -0.25) is 4.79 Å². The second-order valence-corrected chi connectivity index (χ2v) is 6.78. The molecule has 8 heteroatoms. The maximum absolute atomic E-state index is 12.7. The van der Waals surface area contributed by atoms with Crippen molar-refractivity contribution >= 4 is 40.5 Å². The number of halogens is 5. The first-order chi connectivity index (χ1) is 9.91. The summed E-state index contributed by atoms with van der Waals surface area (Å²) in [5.74, 6) is -0.381. The summed E-state index contributed by atoms with van der Waals surface area (Å²) in [5.41, 5.74) is -0.724. The van der Waals surface area contributed by atoms with Crippen LogP contribution < -0.4 is 5.01 Å². The molecule has 0 saturated carbocycles. The van der Waals surface area contributed by atoms with E-state index in [1.165, 1.54) is 0 Å². The Bertz CT molecular complexity index is 640. The van der Waals surface area contributed by atoms with Gasteiger partial charge in [0.2, 0.25) is 0 Å². The zero-order valence-electron chi connectivity index (χ0n) is 12.1. The lowest BCUT2D eigenvalue weighted by molar-refractivity contribution is -0.137. The van der Waals surface area contributed by atoms with E-state index < -0.39 is 11.7 Å². The molecular weight excluding hydrogens is 340 g/mol. The number of hydrogen-bond donors (Lipinski definition) is 0. The van der Waals surface area contributed by atoms with E-state index in [4.69, 9.17) is 23.2 Å². The number of carbonyl (C=O) groups excluding carboxylic acids is 1. The number of alkyl halides is 3. The van der Waals surface area contributed by atoms with E-state index in [-0.39, 0.29) is 33.5 Å². The first-order valence-corrected chi connectivity index (χ1v) is 7.14. The fraction of sp³-hybridized carbons (Fsp3) is 0.429. The minimum Gasteiger partial charge on any atom is -0.272 e. The quantitative estimate of drug-likeness (QED) is 0.687.